The molecule has 1 amide bonds. The molecule has 0 aliphatic carbocycles. The van der Waals surface area contributed by atoms with Crippen LogP contribution >= 0.6 is 0 Å². The van der Waals surface area contributed by atoms with Crippen LogP contribution < -0.4 is 5.32 Å². The predicted octanol–water partition coefficient (Wildman–Crippen LogP) is 0.868. The summed E-state index contributed by atoms with van der Waals surface area (Å²) in [7, 11) is 3.47. The number of nitrogens with one attached hydrogen (secondary N) is 1. The molecule has 0 radical (unpaired) electrons. The highest BCUT2D eigenvalue weighted by Gasteiger charge is 2.17. The first-order valence-electron chi connectivity index (χ1n) is 5.50. The third-order valence-corrected chi connectivity index (χ3v) is 2.50. The quantitative estimate of drug-likeness (QED) is 0.686. The lowest BCUT2D eigenvalue weighted by molar-refractivity contribution is -0.133. The third-order valence-electron chi connectivity index (χ3n) is 2.50. The fourth-order valence-corrected chi connectivity index (χ4v) is 1.43. The Morgan fingerprint density at radius 1 is 1.47 bits per heavy atom. The topological polar surface area (TPSA) is 41.6 Å². The molecule has 15 heavy (non-hydrogen) atoms. The zero-order chi connectivity index (χ0) is 11.8. The maximum absolute atomic E-state index is 11.8. The molecule has 0 saturated heterocycles. The van der Waals surface area contributed by atoms with E-state index in [4.69, 9.17) is 4.74 Å². The Hall–Kier alpha value is -0.610. The van der Waals surface area contributed by atoms with E-state index in [0.29, 0.717) is 13.0 Å². The molecule has 0 fully saturated rings. The van der Waals surface area contributed by atoms with Crippen LogP contribution in [0.5, 0.6) is 0 Å². The first-order valence-corrected chi connectivity index (χ1v) is 5.50. The van der Waals surface area contributed by atoms with Gasteiger partial charge in [-0.05, 0) is 20.4 Å². The Kier molecular flexibility index (Phi) is 7.34. The molecule has 0 aliphatic rings. The van der Waals surface area contributed by atoms with Crippen molar-refractivity contribution in [3.05, 3.63) is 0 Å². The molecular formula is C11H24N2O2. The van der Waals surface area contributed by atoms with E-state index in [2.05, 4.69) is 5.32 Å². The summed E-state index contributed by atoms with van der Waals surface area (Å²) in [5.74, 6) is 0.160. The van der Waals surface area contributed by atoms with E-state index >= 15 is 0 Å². The van der Waals surface area contributed by atoms with Gasteiger partial charge in [0.2, 0.25) is 5.91 Å². The molecule has 0 bridgehead atoms. The van der Waals surface area contributed by atoms with E-state index in [1.165, 1.54) is 0 Å². The minimum absolute atomic E-state index is 0.135. The second-order valence-electron chi connectivity index (χ2n) is 3.97. The first kappa shape index (κ1) is 14.4. The number of amides is 1. The van der Waals surface area contributed by atoms with Crippen molar-refractivity contribution in [2.24, 2.45) is 0 Å². The van der Waals surface area contributed by atoms with Crippen LogP contribution in [0.1, 0.15) is 27.2 Å². The second-order valence-corrected chi connectivity index (χ2v) is 3.97. The van der Waals surface area contributed by atoms with Crippen molar-refractivity contribution >= 4 is 5.91 Å². The molecule has 0 saturated carbocycles. The molecular weight excluding hydrogens is 192 g/mol. The molecule has 2 atom stereocenters. The fourth-order valence-electron chi connectivity index (χ4n) is 1.43. The molecule has 0 aromatic heterocycles. The number of hydrogen-bond donors (Lipinski definition) is 1. The normalized spacial score (nSPS) is 14.7. The maximum atomic E-state index is 11.8. The van der Waals surface area contributed by atoms with Gasteiger partial charge in [-0.25, -0.2) is 0 Å². The van der Waals surface area contributed by atoms with Gasteiger partial charge >= 0.3 is 0 Å². The van der Waals surface area contributed by atoms with E-state index in [9.17, 15) is 4.79 Å². The number of methoxy groups -OCH3 is 1. The van der Waals surface area contributed by atoms with Crippen LogP contribution in [0.25, 0.3) is 0 Å². The van der Waals surface area contributed by atoms with E-state index in [-0.39, 0.29) is 18.0 Å². The molecule has 0 aromatic rings. The SMILES string of the molecule is CCNC(C)CC(=O)N(C)C(C)COC. The van der Waals surface area contributed by atoms with Crippen molar-refractivity contribution in [3.63, 3.8) is 0 Å². The minimum atomic E-state index is 0.135. The molecule has 0 heterocycles. The summed E-state index contributed by atoms with van der Waals surface area (Å²) in [5, 5.41) is 3.22. The third kappa shape index (κ3) is 5.74. The lowest BCUT2D eigenvalue weighted by Crippen LogP contribution is -2.41. The van der Waals surface area contributed by atoms with Crippen molar-refractivity contribution < 1.29 is 9.53 Å². The van der Waals surface area contributed by atoms with Crippen molar-refractivity contribution in [1.29, 1.82) is 0 Å². The van der Waals surface area contributed by atoms with Gasteiger partial charge in [-0.15, -0.1) is 0 Å². The summed E-state index contributed by atoms with van der Waals surface area (Å²) in [4.78, 5) is 13.5. The highest BCUT2D eigenvalue weighted by Crippen LogP contribution is 2.02. The minimum Gasteiger partial charge on any atom is -0.383 e. The van der Waals surface area contributed by atoms with Gasteiger partial charge < -0.3 is 15.0 Å². The first-order chi connectivity index (χ1) is 7.02. The lowest BCUT2D eigenvalue weighted by Gasteiger charge is -2.25. The summed E-state index contributed by atoms with van der Waals surface area (Å²) < 4.78 is 5.02. The standard InChI is InChI=1S/C11H24N2O2/c1-6-12-9(2)7-11(14)13(4)10(3)8-15-5/h9-10,12H,6-8H2,1-5H3. The molecule has 0 spiro atoms. The average molecular weight is 216 g/mol. The molecule has 1 N–H and O–H groups in total. The van der Waals surface area contributed by atoms with E-state index in [0.717, 1.165) is 6.54 Å². The van der Waals surface area contributed by atoms with Gasteiger partial charge in [-0.3, -0.25) is 4.79 Å². The number of nitrogens with zero attached hydrogens (tertiary/aromatic N) is 1. The zero-order valence-electron chi connectivity index (χ0n) is 10.5. The van der Waals surface area contributed by atoms with Crippen LogP contribution in [-0.4, -0.2) is 50.2 Å². The van der Waals surface area contributed by atoms with Gasteiger partial charge in [0.15, 0.2) is 0 Å². The average Bonchev–Trinajstić information content (AvgIpc) is 2.17. The number of ether oxygens (including phenoxy) is 1. The van der Waals surface area contributed by atoms with E-state index in [1.807, 2.05) is 27.8 Å². The molecule has 4 heteroatoms. The molecule has 0 aliphatic heterocycles. The molecule has 4 nitrogen and oxygen atoms in total. The fraction of sp³-hybridized carbons (Fsp3) is 0.909. The number of rotatable bonds is 7. The molecule has 0 aromatic carbocycles. The van der Waals surface area contributed by atoms with Crippen LogP contribution in [0.15, 0.2) is 0 Å². The van der Waals surface area contributed by atoms with Gasteiger partial charge in [0.1, 0.15) is 0 Å². The van der Waals surface area contributed by atoms with E-state index in [1.54, 1.807) is 12.0 Å². The van der Waals surface area contributed by atoms with Crippen LogP contribution in [0.4, 0.5) is 0 Å². The summed E-state index contributed by atoms with van der Waals surface area (Å²) >= 11 is 0. The Labute approximate surface area is 93.0 Å². The van der Waals surface area contributed by atoms with Crippen molar-refractivity contribution in [3.8, 4) is 0 Å². The number of hydrogen-bond acceptors (Lipinski definition) is 3. The maximum Gasteiger partial charge on any atom is 0.224 e. The van der Waals surface area contributed by atoms with Gasteiger partial charge in [-0.2, -0.15) is 0 Å². The number of carbonyl (C=O) groups is 1. The van der Waals surface area contributed by atoms with Crippen molar-refractivity contribution in [2.75, 3.05) is 27.3 Å². The van der Waals surface area contributed by atoms with Crippen LogP contribution in [0, 0.1) is 0 Å². The van der Waals surface area contributed by atoms with Gasteiger partial charge in [0.05, 0.1) is 12.6 Å². The second kappa shape index (κ2) is 7.65. The largest absolute Gasteiger partial charge is 0.383 e. The van der Waals surface area contributed by atoms with Gasteiger partial charge in [0.25, 0.3) is 0 Å². The predicted molar refractivity (Wildman–Crippen MR) is 61.9 cm³/mol. The van der Waals surface area contributed by atoms with Crippen LogP contribution in [0.3, 0.4) is 0 Å². The van der Waals surface area contributed by atoms with E-state index < -0.39 is 0 Å². The summed E-state index contributed by atoms with van der Waals surface area (Å²) in [6.45, 7) is 7.53. The zero-order valence-corrected chi connectivity index (χ0v) is 10.5. The Morgan fingerprint density at radius 2 is 2.07 bits per heavy atom. The Morgan fingerprint density at radius 3 is 2.53 bits per heavy atom. The monoisotopic (exact) mass is 216 g/mol. The molecule has 0 rings (SSSR count). The summed E-state index contributed by atoms with van der Waals surface area (Å²) in [6, 6.07) is 0.371. The van der Waals surface area contributed by atoms with Crippen molar-refractivity contribution in [2.45, 2.75) is 39.3 Å². The summed E-state index contributed by atoms with van der Waals surface area (Å²) in [6.07, 6.45) is 0.540. The highest BCUT2D eigenvalue weighted by atomic mass is 16.5. The van der Waals surface area contributed by atoms with Crippen LogP contribution in [0.2, 0.25) is 0 Å². The lowest BCUT2D eigenvalue weighted by atomic mass is 10.2. The Bertz CT molecular complexity index is 185. The molecule has 2 unspecified atom stereocenters. The number of likely N-dealkylation sites (N-methyl/N-ethyl adjacent to an activating group) is 1. The van der Waals surface area contributed by atoms with Crippen LogP contribution in [-0.2, 0) is 9.53 Å². The smallest absolute Gasteiger partial charge is 0.224 e. The Balaban J connectivity index is 3.97. The number of carbonyl (C=O) groups excluding carboxylic acids is 1. The molecule has 90 valence electrons. The van der Waals surface area contributed by atoms with Crippen molar-refractivity contribution in [1.82, 2.24) is 10.2 Å². The van der Waals surface area contributed by atoms with Gasteiger partial charge in [-0.1, -0.05) is 6.92 Å². The summed E-state index contributed by atoms with van der Waals surface area (Å²) in [5.41, 5.74) is 0. The highest BCUT2D eigenvalue weighted by molar-refractivity contribution is 5.76. The van der Waals surface area contributed by atoms with Gasteiger partial charge in [0, 0.05) is 26.6 Å².